The quantitative estimate of drug-likeness (QED) is 0.408. The van der Waals surface area contributed by atoms with E-state index in [0.717, 1.165) is 32.9 Å². The van der Waals surface area contributed by atoms with Crippen molar-refractivity contribution in [1.82, 2.24) is 28.2 Å². The van der Waals surface area contributed by atoms with Gasteiger partial charge in [-0.3, -0.25) is 18.7 Å². The molecule has 10 nitrogen and oxygen atoms in total. The highest BCUT2D eigenvalue weighted by Crippen LogP contribution is 2.31. The van der Waals surface area contributed by atoms with E-state index in [2.05, 4.69) is 38.1 Å². The third-order valence-corrected chi connectivity index (χ3v) is 6.76. The fourth-order valence-electron chi connectivity index (χ4n) is 4.28. The number of thiazole rings is 1. The Bertz CT molecular complexity index is 1700. The second kappa shape index (κ2) is 8.51. The predicted molar refractivity (Wildman–Crippen MR) is 135 cm³/mol. The van der Waals surface area contributed by atoms with E-state index in [1.54, 1.807) is 0 Å². The van der Waals surface area contributed by atoms with Crippen LogP contribution < -0.4 is 16.6 Å². The molecule has 0 aliphatic heterocycles. The molecule has 0 aliphatic rings. The van der Waals surface area contributed by atoms with E-state index in [4.69, 9.17) is 0 Å². The highest BCUT2D eigenvalue weighted by Gasteiger charge is 2.18. The molecule has 0 fully saturated rings. The maximum atomic E-state index is 12.8. The number of fused-ring (bicyclic) bond motifs is 1. The van der Waals surface area contributed by atoms with E-state index in [1.165, 1.54) is 40.9 Å². The number of rotatable bonds is 5. The van der Waals surface area contributed by atoms with E-state index in [0.29, 0.717) is 5.13 Å². The van der Waals surface area contributed by atoms with Gasteiger partial charge in [0.05, 0.1) is 12.0 Å². The summed E-state index contributed by atoms with van der Waals surface area (Å²) in [5.41, 5.74) is 4.44. The molecular weight excluding hydrogens is 466 g/mol. The number of nitrogens with one attached hydrogen (secondary N) is 1. The van der Waals surface area contributed by atoms with Gasteiger partial charge in [-0.1, -0.05) is 18.2 Å². The zero-order valence-corrected chi connectivity index (χ0v) is 20.5. The molecule has 35 heavy (non-hydrogen) atoms. The van der Waals surface area contributed by atoms with Gasteiger partial charge in [0.1, 0.15) is 6.54 Å². The maximum Gasteiger partial charge on any atom is 0.332 e. The maximum absolute atomic E-state index is 12.8. The molecule has 0 unspecified atom stereocenters. The van der Waals surface area contributed by atoms with Crippen molar-refractivity contribution in [3.05, 3.63) is 80.3 Å². The van der Waals surface area contributed by atoms with Crippen LogP contribution in [0.25, 0.3) is 28.1 Å². The second-order valence-corrected chi connectivity index (χ2v) is 9.15. The Balaban J connectivity index is 1.39. The van der Waals surface area contributed by atoms with Crippen molar-refractivity contribution in [3.8, 4) is 16.9 Å². The van der Waals surface area contributed by atoms with Crippen molar-refractivity contribution in [2.24, 2.45) is 14.1 Å². The first kappa shape index (κ1) is 22.5. The third kappa shape index (κ3) is 3.79. The molecule has 1 amide bonds. The summed E-state index contributed by atoms with van der Waals surface area (Å²) < 4.78 is 5.89. The number of hydrogen-bond donors (Lipinski definition) is 1. The summed E-state index contributed by atoms with van der Waals surface area (Å²) in [6, 6.07) is 12.2. The van der Waals surface area contributed by atoms with Gasteiger partial charge in [-0.15, -0.1) is 11.3 Å². The number of amides is 1. The lowest BCUT2D eigenvalue weighted by molar-refractivity contribution is -0.116. The predicted octanol–water partition coefficient (Wildman–Crippen LogP) is 2.60. The standard InChI is InChI=1S/C24H23N7O3S/c1-14-10-17(15(2)31(14)16-8-6-5-7-9-16)18-12-35-23(26-18)27-19(32)11-30-13-25-21-20(30)22(33)29(4)24(34)28(21)3/h5-10,12-13H,11H2,1-4H3,(H,26,27,32). The average molecular weight is 490 g/mol. The Morgan fingerprint density at radius 2 is 1.83 bits per heavy atom. The van der Waals surface area contributed by atoms with Crippen molar-refractivity contribution in [1.29, 1.82) is 0 Å². The number of aryl methyl sites for hydroxylation is 2. The highest BCUT2D eigenvalue weighted by molar-refractivity contribution is 7.14. The van der Waals surface area contributed by atoms with E-state index < -0.39 is 11.2 Å². The lowest BCUT2D eigenvalue weighted by atomic mass is 10.2. The average Bonchev–Trinajstić information content (AvgIpc) is 3.54. The Hall–Kier alpha value is -4.25. The number of hydrogen-bond acceptors (Lipinski definition) is 6. The first-order chi connectivity index (χ1) is 16.8. The zero-order chi connectivity index (χ0) is 24.9. The van der Waals surface area contributed by atoms with Crippen LogP contribution in [0.2, 0.25) is 0 Å². The molecule has 0 saturated heterocycles. The molecule has 4 heterocycles. The van der Waals surface area contributed by atoms with Gasteiger partial charge in [-0.2, -0.15) is 0 Å². The number of carbonyl (C=O) groups is 1. The van der Waals surface area contributed by atoms with Gasteiger partial charge in [0.15, 0.2) is 16.3 Å². The van der Waals surface area contributed by atoms with Crippen LogP contribution in [0, 0.1) is 13.8 Å². The van der Waals surface area contributed by atoms with Gasteiger partial charge >= 0.3 is 5.69 Å². The largest absolute Gasteiger partial charge is 0.332 e. The van der Waals surface area contributed by atoms with E-state index in [9.17, 15) is 14.4 Å². The fraction of sp³-hybridized carbons (Fsp3) is 0.208. The van der Waals surface area contributed by atoms with Gasteiger partial charge in [0.25, 0.3) is 5.56 Å². The molecule has 0 radical (unpaired) electrons. The molecule has 11 heteroatoms. The Morgan fingerprint density at radius 1 is 1.09 bits per heavy atom. The normalized spacial score (nSPS) is 11.3. The van der Waals surface area contributed by atoms with Crippen molar-refractivity contribution >= 4 is 33.5 Å². The molecule has 1 aromatic carbocycles. The van der Waals surface area contributed by atoms with Gasteiger partial charge in [0, 0.05) is 42.1 Å². The SMILES string of the molecule is Cc1cc(-c2csc(NC(=O)Cn3cnc4c3c(=O)n(C)c(=O)n4C)n2)c(C)n1-c1ccccc1. The first-order valence-electron chi connectivity index (χ1n) is 10.9. The van der Waals surface area contributed by atoms with Crippen LogP contribution in [0.5, 0.6) is 0 Å². The molecule has 0 saturated carbocycles. The topological polar surface area (TPSA) is 109 Å². The molecular formula is C24H23N7O3S. The Kier molecular flexibility index (Phi) is 5.48. The summed E-state index contributed by atoms with van der Waals surface area (Å²) in [4.78, 5) is 46.2. The molecule has 5 aromatic rings. The second-order valence-electron chi connectivity index (χ2n) is 8.29. The molecule has 178 valence electrons. The van der Waals surface area contributed by atoms with Crippen molar-refractivity contribution in [2.45, 2.75) is 20.4 Å². The van der Waals surface area contributed by atoms with Crippen LogP contribution in [0.3, 0.4) is 0 Å². The van der Waals surface area contributed by atoms with Crippen LogP contribution >= 0.6 is 11.3 Å². The molecule has 5 rings (SSSR count). The minimum atomic E-state index is -0.501. The molecule has 0 aliphatic carbocycles. The number of nitrogens with zero attached hydrogens (tertiary/aromatic N) is 6. The van der Waals surface area contributed by atoms with Crippen LogP contribution in [0.15, 0.2) is 57.7 Å². The van der Waals surface area contributed by atoms with E-state index >= 15 is 0 Å². The Labute approximate surface area is 203 Å². The fourth-order valence-corrected chi connectivity index (χ4v) is 5.01. The number of benzene rings is 1. The molecule has 0 spiro atoms. The number of para-hydroxylation sites is 1. The lowest BCUT2D eigenvalue weighted by Crippen LogP contribution is -2.37. The number of anilines is 1. The zero-order valence-electron chi connectivity index (χ0n) is 19.6. The summed E-state index contributed by atoms with van der Waals surface area (Å²) in [7, 11) is 2.93. The summed E-state index contributed by atoms with van der Waals surface area (Å²) in [5.74, 6) is -0.351. The van der Waals surface area contributed by atoms with E-state index in [-0.39, 0.29) is 23.6 Å². The minimum Gasteiger partial charge on any atom is -0.318 e. The summed E-state index contributed by atoms with van der Waals surface area (Å²) in [5, 5.41) is 5.17. The van der Waals surface area contributed by atoms with Gasteiger partial charge < -0.3 is 14.5 Å². The van der Waals surface area contributed by atoms with Crippen LogP contribution in [-0.2, 0) is 25.4 Å². The van der Waals surface area contributed by atoms with Crippen molar-refractivity contribution in [3.63, 3.8) is 0 Å². The van der Waals surface area contributed by atoms with E-state index in [1.807, 2.05) is 37.4 Å². The summed E-state index contributed by atoms with van der Waals surface area (Å²) in [6.45, 7) is 3.96. The van der Waals surface area contributed by atoms with Crippen LogP contribution in [0.1, 0.15) is 11.4 Å². The van der Waals surface area contributed by atoms with Crippen molar-refractivity contribution in [2.75, 3.05) is 5.32 Å². The lowest BCUT2D eigenvalue weighted by Gasteiger charge is -2.09. The van der Waals surface area contributed by atoms with Crippen LogP contribution in [-0.4, -0.2) is 34.1 Å². The summed E-state index contributed by atoms with van der Waals surface area (Å²) >= 11 is 1.33. The third-order valence-electron chi connectivity index (χ3n) is 6.00. The molecule has 4 aromatic heterocycles. The smallest absolute Gasteiger partial charge is 0.318 e. The highest BCUT2D eigenvalue weighted by atomic mass is 32.1. The minimum absolute atomic E-state index is 0.138. The van der Waals surface area contributed by atoms with Crippen molar-refractivity contribution < 1.29 is 4.79 Å². The van der Waals surface area contributed by atoms with Gasteiger partial charge in [-0.05, 0) is 32.0 Å². The molecule has 0 atom stereocenters. The number of imidazole rings is 1. The summed E-state index contributed by atoms with van der Waals surface area (Å²) in [6.07, 6.45) is 1.39. The number of carbonyl (C=O) groups excluding carboxylic acids is 1. The first-order valence-corrected chi connectivity index (χ1v) is 11.7. The van der Waals surface area contributed by atoms with Gasteiger partial charge in [-0.25, -0.2) is 14.8 Å². The van der Waals surface area contributed by atoms with Gasteiger partial charge in [0.2, 0.25) is 5.91 Å². The monoisotopic (exact) mass is 489 g/mol. The molecule has 0 bridgehead atoms. The molecule has 1 N–H and O–H groups in total. The van der Waals surface area contributed by atoms with Crippen LogP contribution in [0.4, 0.5) is 5.13 Å². The Morgan fingerprint density at radius 3 is 2.57 bits per heavy atom. The number of aromatic nitrogens is 6.